The quantitative estimate of drug-likeness (QED) is 0.156. The molecule has 1 unspecified atom stereocenters. The molecule has 0 aliphatic heterocycles. The van der Waals surface area contributed by atoms with Gasteiger partial charge in [0.25, 0.3) is 0 Å². The number of benzene rings is 1. The molecule has 0 heterocycles. The number of esters is 5. The van der Waals surface area contributed by atoms with E-state index < -0.39 is 54.6 Å². The average molecular weight is 523 g/mol. The van der Waals surface area contributed by atoms with E-state index >= 15 is 0 Å². The van der Waals surface area contributed by atoms with Crippen molar-refractivity contribution in [3.63, 3.8) is 0 Å². The van der Waals surface area contributed by atoms with Crippen molar-refractivity contribution in [3.8, 4) is 0 Å². The summed E-state index contributed by atoms with van der Waals surface area (Å²) >= 11 is 0. The molecule has 0 aliphatic carbocycles. The number of hydrogen-bond donors (Lipinski definition) is 1. The molecule has 0 aromatic heterocycles. The number of aliphatic hydroxyl groups excluding tert-OH is 1. The van der Waals surface area contributed by atoms with E-state index in [4.69, 9.17) is 23.7 Å². The van der Waals surface area contributed by atoms with Crippen LogP contribution in [-0.4, -0.2) is 74.1 Å². The predicted octanol–water partition coefficient (Wildman–Crippen LogP) is 2.39. The summed E-state index contributed by atoms with van der Waals surface area (Å²) in [6.45, 7) is 8.80. The smallest absolute Gasteiger partial charge is 0.339 e. The van der Waals surface area contributed by atoms with Gasteiger partial charge in [0.1, 0.15) is 39.1 Å². The summed E-state index contributed by atoms with van der Waals surface area (Å²) in [5, 5.41) is 9.83. The summed E-state index contributed by atoms with van der Waals surface area (Å²) in [4.78, 5) is 59.9. The summed E-state index contributed by atoms with van der Waals surface area (Å²) in [6.07, 6.45) is -0.923. The first-order valence-electron chi connectivity index (χ1n) is 11.7. The molecule has 0 bridgehead atoms. The van der Waals surface area contributed by atoms with Crippen LogP contribution < -0.4 is 0 Å². The summed E-state index contributed by atoms with van der Waals surface area (Å²) in [6, 6.07) is 5.69. The highest BCUT2D eigenvalue weighted by atomic mass is 16.6. The van der Waals surface area contributed by atoms with Crippen LogP contribution >= 0.6 is 0 Å². The molecule has 1 aromatic carbocycles. The van der Waals surface area contributed by atoms with Crippen LogP contribution in [0.2, 0.25) is 0 Å². The number of carbonyl (C=O) groups is 5. The summed E-state index contributed by atoms with van der Waals surface area (Å²) in [7, 11) is 0. The Morgan fingerprint density at radius 3 is 1.97 bits per heavy atom. The Hall–Kier alpha value is -3.73. The third-order valence-corrected chi connectivity index (χ3v) is 5.08. The third-order valence-electron chi connectivity index (χ3n) is 5.08. The molecule has 1 N–H and O–H groups in total. The molecule has 37 heavy (non-hydrogen) atoms. The van der Waals surface area contributed by atoms with Gasteiger partial charge in [0, 0.05) is 5.57 Å². The second-order valence-electron chi connectivity index (χ2n) is 8.66. The van der Waals surface area contributed by atoms with Gasteiger partial charge in [0.15, 0.2) is 0 Å². The van der Waals surface area contributed by atoms with Gasteiger partial charge in [-0.3, -0.25) is 9.59 Å². The largest absolute Gasteiger partial charge is 0.462 e. The van der Waals surface area contributed by atoms with Gasteiger partial charge >= 0.3 is 29.8 Å². The number of ether oxygens (including phenoxy) is 5. The summed E-state index contributed by atoms with van der Waals surface area (Å²) in [5.41, 5.74) is -0.685. The van der Waals surface area contributed by atoms with E-state index in [-0.39, 0.29) is 42.9 Å². The molecular weight excluding hydrogens is 488 g/mol. The van der Waals surface area contributed by atoms with Crippen molar-refractivity contribution in [2.24, 2.45) is 5.41 Å². The van der Waals surface area contributed by atoms with Crippen molar-refractivity contribution in [1.82, 2.24) is 0 Å². The molecule has 0 fully saturated rings. The van der Waals surface area contributed by atoms with Crippen molar-refractivity contribution in [3.05, 3.63) is 47.5 Å². The maximum Gasteiger partial charge on any atom is 0.339 e. The van der Waals surface area contributed by atoms with Gasteiger partial charge in [-0.05, 0) is 39.3 Å². The van der Waals surface area contributed by atoms with Crippen LogP contribution in [0, 0.1) is 5.41 Å². The van der Waals surface area contributed by atoms with Gasteiger partial charge in [-0.15, -0.1) is 0 Å². The van der Waals surface area contributed by atoms with Gasteiger partial charge in [0.05, 0.1) is 23.0 Å². The number of rotatable bonds is 15. The maximum atomic E-state index is 12.4. The Labute approximate surface area is 215 Å². The minimum atomic E-state index is -1.28. The number of aliphatic hydroxyl groups is 1. The molecule has 1 rings (SSSR count). The van der Waals surface area contributed by atoms with Gasteiger partial charge in [-0.2, -0.15) is 0 Å². The van der Waals surface area contributed by atoms with E-state index in [0.29, 0.717) is 6.42 Å². The number of carbonyl (C=O) groups excluding carboxylic acids is 5. The number of hydrogen-bond acceptors (Lipinski definition) is 11. The van der Waals surface area contributed by atoms with Crippen LogP contribution in [0.4, 0.5) is 0 Å². The topological polar surface area (TPSA) is 152 Å². The lowest BCUT2D eigenvalue weighted by Crippen LogP contribution is -2.27. The highest BCUT2D eigenvalue weighted by Crippen LogP contribution is 2.21. The lowest BCUT2D eigenvalue weighted by atomic mass is 9.91. The van der Waals surface area contributed by atoms with E-state index in [0.717, 1.165) is 0 Å². The second-order valence-corrected chi connectivity index (χ2v) is 8.66. The lowest BCUT2D eigenvalue weighted by molar-refractivity contribution is -0.159. The fourth-order valence-electron chi connectivity index (χ4n) is 2.44. The average Bonchev–Trinajstić information content (AvgIpc) is 2.87. The molecular formula is C26H34O11. The van der Waals surface area contributed by atoms with Gasteiger partial charge in [-0.1, -0.05) is 25.6 Å². The third kappa shape index (κ3) is 11.2. The van der Waals surface area contributed by atoms with Crippen LogP contribution in [0.25, 0.3) is 0 Å². The minimum Gasteiger partial charge on any atom is -0.462 e. The zero-order valence-corrected chi connectivity index (χ0v) is 21.6. The molecule has 0 spiro atoms. The maximum absolute atomic E-state index is 12.4. The zero-order chi connectivity index (χ0) is 28.0. The Balaban J connectivity index is 2.46. The fraction of sp³-hybridized carbons (Fsp3) is 0.500. The molecule has 0 saturated carbocycles. The van der Waals surface area contributed by atoms with Crippen molar-refractivity contribution in [2.45, 2.75) is 46.6 Å². The fourth-order valence-corrected chi connectivity index (χ4v) is 2.44. The van der Waals surface area contributed by atoms with Crippen LogP contribution in [0.1, 0.15) is 61.3 Å². The first-order chi connectivity index (χ1) is 17.4. The highest BCUT2D eigenvalue weighted by molar-refractivity contribution is 6.03. The molecule has 1 atom stereocenters. The first-order valence-corrected chi connectivity index (χ1v) is 11.7. The van der Waals surface area contributed by atoms with Crippen molar-refractivity contribution in [2.75, 3.05) is 33.0 Å². The van der Waals surface area contributed by atoms with Crippen molar-refractivity contribution in [1.29, 1.82) is 0 Å². The summed E-state index contributed by atoms with van der Waals surface area (Å²) in [5.74, 6) is -3.52. The van der Waals surface area contributed by atoms with Crippen molar-refractivity contribution < 1.29 is 52.8 Å². The molecule has 0 aliphatic rings. The van der Waals surface area contributed by atoms with E-state index in [2.05, 4.69) is 6.58 Å². The van der Waals surface area contributed by atoms with Gasteiger partial charge in [0.2, 0.25) is 0 Å². The van der Waals surface area contributed by atoms with E-state index in [1.54, 1.807) is 13.8 Å². The van der Waals surface area contributed by atoms with Crippen LogP contribution in [0.15, 0.2) is 36.4 Å². The predicted molar refractivity (Wildman–Crippen MR) is 129 cm³/mol. The molecule has 11 heteroatoms. The second kappa shape index (κ2) is 15.4. The van der Waals surface area contributed by atoms with E-state index in [1.807, 2.05) is 6.92 Å². The Morgan fingerprint density at radius 2 is 1.41 bits per heavy atom. The Bertz CT molecular complexity index is 980. The standard InChI is InChI=1S/C26H34O11/c1-6-26(4,5)25(32)35-14-13-33-21(28)11-12-34-23(30)19-9-7-8-10-20(19)24(31)37-16-18(27)15-36-22(29)17(2)3/h7-10,18,27H,2,6,11-16H2,1,3-5H3. The molecule has 1 aromatic rings. The monoisotopic (exact) mass is 522 g/mol. The van der Waals surface area contributed by atoms with Gasteiger partial charge < -0.3 is 28.8 Å². The van der Waals surface area contributed by atoms with Crippen LogP contribution in [0.5, 0.6) is 0 Å². The van der Waals surface area contributed by atoms with Gasteiger partial charge in [-0.25, -0.2) is 14.4 Å². The highest BCUT2D eigenvalue weighted by Gasteiger charge is 2.27. The molecule has 0 saturated heterocycles. The minimum absolute atomic E-state index is 0.0890. The Kier molecular flexibility index (Phi) is 13.0. The SMILES string of the molecule is C=C(C)C(=O)OCC(O)COC(=O)c1ccccc1C(=O)OCCC(=O)OCCOC(=O)C(C)(C)CC. The summed E-state index contributed by atoms with van der Waals surface area (Å²) < 4.78 is 24.8. The van der Waals surface area contributed by atoms with E-state index in [1.165, 1.54) is 31.2 Å². The zero-order valence-electron chi connectivity index (χ0n) is 21.6. The molecule has 0 radical (unpaired) electrons. The molecule has 11 nitrogen and oxygen atoms in total. The van der Waals surface area contributed by atoms with Crippen molar-refractivity contribution >= 4 is 29.8 Å². The Morgan fingerprint density at radius 1 is 0.865 bits per heavy atom. The first kappa shape index (κ1) is 31.3. The van der Waals surface area contributed by atoms with Crippen LogP contribution in [0.3, 0.4) is 0 Å². The lowest BCUT2D eigenvalue weighted by Gasteiger charge is -2.20. The molecule has 0 amide bonds. The van der Waals surface area contributed by atoms with E-state index in [9.17, 15) is 29.1 Å². The van der Waals surface area contributed by atoms with Crippen LogP contribution in [-0.2, 0) is 38.1 Å². The molecule has 204 valence electrons. The normalized spacial score (nSPS) is 11.6.